The topological polar surface area (TPSA) is 83.9 Å². The van der Waals surface area contributed by atoms with Crippen LogP contribution >= 0.6 is 11.3 Å². The number of fused-ring (bicyclic) bond motifs is 1. The maximum absolute atomic E-state index is 9.15. The molecule has 1 saturated heterocycles. The fourth-order valence-corrected chi connectivity index (χ4v) is 4.47. The average Bonchev–Trinajstić information content (AvgIpc) is 3.44. The van der Waals surface area contributed by atoms with Gasteiger partial charge in [-0.25, -0.2) is 4.98 Å². The molecule has 3 aromatic heterocycles. The molecule has 1 aliphatic heterocycles. The summed E-state index contributed by atoms with van der Waals surface area (Å²) < 4.78 is 0. The van der Waals surface area contributed by atoms with Crippen molar-refractivity contribution in [1.82, 2.24) is 19.9 Å². The molecule has 2 N–H and O–H groups in total. The van der Waals surface area contributed by atoms with E-state index in [1.807, 2.05) is 24.4 Å². The fraction of sp³-hybridized carbons (Fsp3) is 0.227. The smallest absolute Gasteiger partial charge is 0.229 e. The molecular formula is C22H21N7S. The van der Waals surface area contributed by atoms with Crippen LogP contribution in [0.3, 0.4) is 0 Å². The Labute approximate surface area is 178 Å². The van der Waals surface area contributed by atoms with Gasteiger partial charge in [0.2, 0.25) is 5.95 Å². The van der Waals surface area contributed by atoms with E-state index in [0.29, 0.717) is 10.8 Å². The predicted molar refractivity (Wildman–Crippen MR) is 121 cm³/mol. The van der Waals surface area contributed by atoms with Gasteiger partial charge < -0.3 is 20.1 Å². The number of anilines is 3. The lowest BCUT2D eigenvalue weighted by atomic mass is 10.2. The number of rotatable bonds is 4. The molecule has 1 aliphatic rings. The van der Waals surface area contributed by atoms with Crippen molar-refractivity contribution in [3.63, 3.8) is 0 Å². The first-order valence-corrected chi connectivity index (χ1v) is 10.7. The first kappa shape index (κ1) is 18.6. The number of nitrogens with one attached hydrogen (secondary N) is 2. The molecule has 7 nitrogen and oxygen atoms in total. The largest absolute Gasteiger partial charge is 0.369 e. The van der Waals surface area contributed by atoms with Gasteiger partial charge in [0.25, 0.3) is 0 Å². The van der Waals surface area contributed by atoms with Crippen molar-refractivity contribution in [1.29, 1.82) is 5.26 Å². The Morgan fingerprint density at radius 1 is 1.03 bits per heavy atom. The number of hydrogen-bond acceptors (Lipinski definition) is 7. The molecule has 150 valence electrons. The third-order valence-electron chi connectivity index (χ3n) is 5.36. The second kappa shape index (κ2) is 7.78. The summed E-state index contributed by atoms with van der Waals surface area (Å²) in [7, 11) is 2.16. The highest BCUT2D eigenvalue weighted by molar-refractivity contribution is 7.16. The van der Waals surface area contributed by atoms with E-state index in [4.69, 9.17) is 10.2 Å². The molecule has 4 aromatic rings. The quantitative estimate of drug-likeness (QED) is 0.523. The minimum Gasteiger partial charge on any atom is -0.369 e. The second-order valence-corrected chi connectivity index (χ2v) is 8.46. The van der Waals surface area contributed by atoms with Gasteiger partial charge in [-0.05, 0) is 49.5 Å². The average molecular weight is 416 g/mol. The molecule has 0 amide bonds. The van der Waals surface area contributed by atoms with E-state index in [9.17, 15) is 0 Å². The molecule has 4 heterocycles. The fourth-order valence-electron chi connectivity index (χ4n) is 3.66. The van der Waals surface area contributed by atoms with Gasteiger partial charge in [0.05, 0.1) is 10.6 Å². The molecule has 0 spiro atoms. The zero-order valence-electron chi connectivity index (χ0n) is 16.6. The van der Waals surface area contributed by atoms with Gasteiger partial charge in [-0.15, -0.1) is 11.3 Å². The maximum atomic E-state index is 9.15. The third kappa shape index (κ3) is 3.61. The number of H-pyrrole nitrogens is 1. The molecule has 0 aliphatic carbocycles. The first-order chi connectivity index (χ1) is 14.7. The highest BCUT2D eigenvalue weighted by Crippen LogP contribution is 2.32. The van der Waals surface area contributed by atoms with Crippen LogP contribution in [0.15, 0.2) is 48.7 Å². The zero-order chi connectivity index (χ0) is 20.5. The third-order valence-corrected chi connectivity index (χ3v) is 6.35. The lowest BCUT2D eigenvalue weighted by Gasteiger charge is -2.34. The van der Waals surface area contributed by atoms with Crippen LogP contribution < -0.4 is 10.2 Å². The number of nitriles is 1. The molecule has 8 heteroatoms. The minimum atomic E-state index is 0.527. The van der Waals surface area contributed by atoms with E-state index >= 15 is 0 Å². The van der Waals surface area contributed by atoms with Crippen molar-refractivity contribution < 1.29 is 0 Å². The molecule has 5 rings (SSSR count). The summed E-state index contributed by atoms with van der Waals surface area (Å²) in [6.07, 6.45) is 1.86. The molecule has 1 aromatic carbocycles. The summed E-state index contributed by atoms with van der Waals surface area (Å²) in [4.78, 5) is 18.9. The Morgan fingerprint density at radius 3 is 2.57 bits per heavy atom. The van der Waals surface area contributed by atoms with Crippen molar-refractivity contribution in [2.45, 2.75) is 0 Å². The summed E-state index contributed by atoms with van der Waals surface area (Å²) in [5, 5.41) is 13.4. The van der Waals surface area contributed by atoms with Crippen molar-refractivity contribution in [2.24, 2.45) is 0 Å². The van der Waals surface area contributed by atoms with E-state index in [2.05, 4.69) is 62.5 Å². The lowest BCUT2D eigenvalue weighted by molar-refractivity contribution is 0.313. The van der Waals surface area contributed by atoms with Crippen LogP contribution in [0.2, 0.25) is 0 Å². The highest BCUT2D eigenvalue weighted by Gasteiger charge is 2.15. The molecule has 0 saturated carbocycles. The standard InChI is InChI=1S/C22H21N7S/c1-28-10-12-29(13-11-28)16-4-2-15(3-5-16)25-22-26-20(18-8-9-24-21(18)27-22)19-7-6-17(14-23)30-19/h2-9H,10-13H2,1H3,(H2,24,25,26,27). The Balaban J connectivity index is 1.41. The predicted octanol–water partition coefficient (Wildman–Crippen LogP) is 4.05. The molecule has 1 fully saturated rings. The number of benzene rings is 1. The molecule has 30 heavy (non-hydrogen) atoms. The molecule has 0 atom stereocenters. The van der Waals surface area contributed by atoms with Crippen LogP contribution in [0.5, 0.6) is 0 Å². The van der Waals surface area contributed by atoms with Crippen LogP contribution in [0.1, 0.15) is 4.88 Å². The summed E-state index contributed by atoms with van der Waals surface area (Å²) in [6.45, 7) is 4.27. The molecule has 0 unspecified atom stereocenters. The summed E-state index contributed by atoms with van der Waals surface area (Å²) in [5.41, 5.74) is 3.76. The van der Waals surface area contributed by atoms with Crippen LogP contribution in [-0.2, 0) is 0 Å². The van der Waals surface area contributed by atoms with Crippen molar-refractivity contribution in [2.75, 3.05) is 43.4 Å². The van der Waals surface area contributed by atoms with Crippen molar-refractivity contribution in [3.8, 4) is 16.6 Å². The number of thiophene rings is 1. The first-order valence-electron chi connectivity index (χ1n) is 9.85. The van der Waals surface area contributed by atoms with Gasteiger partial charge in [0, 0.05) is 49.1 Å². The summed E-state index contributed by atoms with van der Waals surface area (Å²) in [5.74, 6) is 0.527. The van der Waals surface area contributed by atoms with E-state index in [1.54, 1.807) is 0 Å². The molecule has 0 bridgehead atoms. The van der Waals surface area contributed by atoms with Crippen LogP contribution in [0.25, 0.3) is 21.6 Å². The molecule has 0 radical (unpaired) electrons. The van der Waals surface area contributed by atoms with Gasteiger partial charge in [0.1, 0.15) is 16.6 Å². The van der Waals surface area contributed by atoms with E-state index in [0.717, 1.165) is 53.5 Å². The maximum Gasteiger partial charge on any atom is 0.229 e. The van der Waals surface area contributed by atoms with Crippen LogP contribution in [-0.4, -0.2) is 53.1 Å². The highest BCUT2D eigenvalue weighted by atomic mass is 32.1. The normalized spacial score (nSPS) is 14.7. The monoisotopic (exact) mass is 415 g/mol. The Kier molecular flexibility index (Phi) is 4.83. The van der Waals surface area contributed by atoms with Gasteiger partial charge in [-0.3, -0.25) is 0 Å². The molecular weight excluding hydrogens is 394 g/mol. The Morgan fingerprint density at radius 2 is 1.83 bits per heavy atom. The minimum absolute atomic E-state index is 0.527. The number of piperazine rings is 1. The van der Waals surface area contributed by atoms with E-state index < -0.39 is 0 Å². The SMILES string of the molecule is CN1CCN(c2ccc(Nc3nc(-c4ccc(C#N)s4)c4cc[nH]c4n3)cc2)CC1. The van der Waals surface area contributed by atoms with Crippen molar-refractivity contribution >= 4 is 39.7 Å². The number of aromatic amines is 1. The number of aromatic nitrogens is 3. The van der Waals surface area contributed by atoms with Gasteiger partial charge in [-0.2, -0.15) is 10.2 Å². The Hall–Kier alpha value is -3.41. The van der Waals surface area contributed by atoms with Crippen LogP contribution in [0, 0.1) is 11.3 Å². The van der Waals surface area contributed by atoms with Gasteiger partial charge in [-0.1, -0.05) is 0 Å². The Bertz CT molecular complexity index is 1210. The number of likely N-dealkylation sites (N-methyl/N-ethyl adjacent to an activating group) is 1. The zero-order valence-corrected chi connectivity index (χ0v) is 17.4. The second-order valence-electron chi connectivity index (χ2n) is 7.37. The summed E-state index contributed by atoms with van der Waals surface area (Å²) >= 11 is 1.44. The van der Waals surface area contributed by atoms with Crippen LogP contribution in [0.4, 0.5) is 17.3 Å². The summed E-state index contributed by atoms with van der Waals surface area (Å²) in [6, 6.07) is 16.3. The van der Waals surface area contributed by atoms with E-state index in [1.165, 1.54) is 17.0 Å². The van der Waals surface area contributed by atoms with Crippen molar-refractivity contribution in [3.05, 3.63) is 53.5 Å². The number of hydrogen-bond donors (Lipinski definition) is 2. The van der Waals surface area contributed by atoms with E-state index in [-0.39, 0.29) is 0 Å². The lowest BCUT2D eigenvalue weighted by Crippen LogP contribution is -2.44. The number of nitrogens with zero attached hydrogens (tertiary/aromatic N) is 5. The van der Waals surface area contributed by atoms with Gasteiger partial charge >= 0.3 is 0 Å². The van der Waals surface area contributed by atoms with Gasteiger partial charge in [0.15, 0.2) is 0 Å².